The molecule has 152 valence electrons. The molecule has 3 aromatic rings. The molecule has 1 heterocycles. The van der Waals surface area contributed by atoms with E-state index in [0.29, 0.717) is 28.5 Å². The third kappa shape index (κ3) is 4.43. The minimum absolute atomic E-state index is 0.0428. The highest BCUT2D eigenvalue weighted by atomic mass is 32.1. The summed E-state index contributed by atoms with van der Waals surface area (Å²) in [6.07, 6.45) is 0. The molecule has 8 heteroatoms. The van der Waals surface area contributed by atoms with Crippen LogP contribution < -0.4 is 18.9 Å². The van der Waals surface area contributed by atoms with Gasteiger partial charge in [-0.2, -0.15) is 0 Å². The lowest BCUT2D eigenvalue weighted by Crippen LogP contribution is -2.07. The van der Waals surface area contributed by atoms with Crippen LogP contribution in [0.1, 0.15) is 16.1 Å². The van der Waals surface area contributed by atoms with Crippen molar-refractivity contribution in [3.05, 3.63) is 53.0 Å². The topological polar surface area (TPSA) is 76.1 Å². The number of hydrogen-bond acceptors (Lipinski definition) is 8. The molecule has 0 aliphatic heterocycles. The first-order valence-corrected chi connectivity index (χ1v) is 9.54. The van der Waals surface area contributed by atoms with E-state index in [1.807, 2.05) is 29.6 Å². The molecular weight excluding hydrogens is 394 g/mol. The third-order valence-electron chi connectivity index (χ3n) is 4.14. The van der Waals surface area contributed by atoms with Gasteiger partial charge in [0.25, 0.3) is 0 Å². The second-order valence-electron chi connectivity index (χ2n) is 5.83. The lowest BCUT2D eigenvalue weighted by molar-refractivity contribution is 0.0467. The first-order valence-electron chi connectivity index (χ1n) is 8.66. The van der Waals surface area contributed by atoms with Crippen LogP contribution in [0.4, 0.5) is 0 Å². The van der Waals surface area contributed by atoms with E-state index < -0.39 is 5.97 Å². The van der Waals surface area contributed by atoms with Crippen molar-refractivity contribution in [3.63, 3.8) is 0 Å². The molecule has 29 heavy (non-hydrogen) atoms. The van der Waals surface area contributed by atoms with E-state index in [1.54, 1.807) is 19.2 Å². The van der Waals surface area contributed by atoms with E-state index in [0.717, 1.165) is 16.3 Å². The third-order valence-corrected chi connectivity index (χ3v) is 5.07. The maximum atomic E-state index is 12.5. The van der Waals surface area contributed by atoms with Gasteiger partial charge in [-0.15, -0.1) is 11.3 Å². The zero-order valence-electron chi connectivity index (χ0n) is 16.6. The van der Waals surface area contributed by atoms with E-state index in [9.17, 15) is 4.79 Å². The molecule has 0 radical (unpaired) electrons. The van der Waals surface area contributed by atoms with Crippen LogP contribution in [0.2, 0.25) is 0 Å². The first kappa shape index (κ1) is 20.5. The summed E-state index contributed by atoms with van der Waals surface area (Å²) >= 11 is 1.46. The first-order chi connectivity index (χ1) is 14.1. The van der Waals surface area contributed by atoms with Crippen molar-refractivity contribution in [1.29, 1.82) is 0 Å². The normalized spacial score (nSPS) is 10.3. The fourth-order valence-electron chi connectivity index (χ4n) is 2.74. The zero-order chi connectivity index (χ0) is 20.8. The number of aromatic nitrogens is 1. The van der Waals surface area contributed by atoms with Gasteiger partial charge >= 0.3 is 5.97 Å². The number of nitrogens with zero attached hydrogens (tertiary/aromatic N) is 1. The van der Waals surface area contributed by atoms with Crippen molar-refractivity contribution >= 4 is 17.3 Å². The van der Waals surface area contributed by atoms with Gasteiger partial charge in [-0.3, -0.25) is 0 Å². The summed E-state index contributed by atoms with van der Waals surface area (Å²) in [6, 6.07) is 10.7. The highest BCUT2D eigenvalue weighted by Gasteiger charge is 2.18. The van der Waals surface area contributed by atoms with Gasteiger partial charge in [0, 0.05) is 5.38 Å². The molecule has 0 atom stereocenters. The van der Waals surface area contributed by atoms with Gasteiger partial charge in [-0.1, -0.05) is 12.1 Å². The van der Waals surface area contributed by atoms with Gasteiger partial charge in [0.2, 0.25) is 5.75 Å². The molecular formula is C21H21NO6S. The van der Waals surface area contributed by atoms with Gasteiger partial charge in [-0.25, -0.2) is 9.78 Å². The number of rotatable bonds is 8. The highest BCUT2D eigenvalue weighted by molar-refractivity contribution is 7.13. The Balaban J connectivity index is 1.74. The van der Waals surface area contributed by atoms with Crippen LogP contribution in [0, 0.1) is 0 Å². The summed E-state index contributed by atoms with van der Waals surface area (Å²) in [4.78, 5) is 17.1. The van der Waals surface area contributed by atoms with E-state index in [-0.39, 0.29) is 6.61 Å². The van der Waals surface area contributed by atoms with Crippen molar-refractivity contribution in [2.45, 2.75) is 6.61 Å². The molecule has 0 saturated heterocycles. The van der Waals surface area contributed by atoms with Crippen molar-refractivity contribution < 1.29 is 28.5 Å². The van der Waals surface area contributed by atoms with E-state index >= 15 is 0 Å². The van der Waals surface area contributed by atoms with E-state index in [2.05, 4.69) is 4.98 Å². The number of methoxy groups -OCH3 is 4. The zero-order valence-corrected chi connectivity index (χ0v) is 17.4. The molecule has 0 amide bonds. The second kappa shape index (κ2) is 9.29. The Morgan fingerprint density at radius 3 is 2.21 bits per heavy atom. The number of esters is 1. The summed E-state index contributed by atoms with van der Waals surface area (Å²) in [5, 5.41) is 2.64. The van der Waals surface area contributed by atoms with Crippen molar-refractivity contribution in [2.75, 3.05) is 28.4 Å². The molecule has 0 aliphatic rings. The van der Waals surface area contributed by atoms with Crippen LogP contribution in [0.3, 0.4) is 0 Å². The predicted octanol–water partition coefficient (Wildman–Crippen LogP) is 4.20. The Morgan fingerprint density at radius 1 is 0.931 bits per heavy atom. The fourth-order valence-corrected chi connectivity index (χ4v) is 3.57. The van der Waals surface area contributed by atoms with Crippen LogP contribution in [-0.4, -0.2) is 39.4 Å². The standard InChI is InChI=1S/C21H21NO6S/c1-24-16-8-6-5-7-15(16)20-22-14(12-29-20)11-28-21(23)13-9-17(25-2)19(27-4)18(10-13)26-3/h5-10,12H,11H2,1-4H3. The van der Waals surface area contributed by atoms with Crippen LogP contribution in [0.5, 0.6) is 23.0 Å². The van der Waals surface area contributed by atoms with Gasteiger partial charge in [0.1, 0.15) is 17.4 Å². The Bertz CT molecular complexity index is 975. The van der Waals surface area contributed by atoms with Gasteiger partial charge in [0.05, 0.1) is 45.3 Å². The Kier molecular flexibility index (Phi) is 6.56. The van der Waals surface area contributed by atoms with E-state index in [1.165, 1.54) is 32.7 Å². The summed E-state index contributed by atoms with van der Waals surface area (Å²) in [7, 11) is 6.09. The summed E-state index contributed by atoms with van der Waals surface area (Å²) in [5.74, 6) is 1.39. The number of carbonyl (C=O) groups is 1. The Labute approximate surface area is 172 Å². The van der Waals surface area contributed by atoms with Crippen molar-refractivity contribution in [2.24, 2.45) is 0 Å². The Morgan fingerprint density at radius 2 is 1.59 bits per heavy atom. The van der Waals surface area contributed by atoms with Crippen molar-refractivity contribution in [3.8, 4) is 33.6 Å². The largest absolute Gasteiger partial charge is 0.496 e. The fraction of sp³-hybridized carbons (Fsp3) is 0.238. The van der Waals surface area contributed by atoms with E-state index in [4.69, 9.17) is 23.7 Å². The van der Waals surface area contributed by atoms with Crippen molar-refractivity contribution in [1.82, 2.24) is 4.98 Å². The summed E-state index contributed by atoms with van der Waals surface area (Å²) in [5.41, 5.74) is 1.83. The predicted molar refractivity (Wildman–Crippen MR) is 109 cm³/mol. The van der Waals surface area contributed by atoms with Gasteiger partial charge in [0.15, 0.2) is 11.5 Å². The quantitative estimate of drug-likeness (QED) is 0.510. The number of hydrogen-bond donors (Lipinski definition) is 0. The monoisotopic (exact) mass is 415 g/mol. The minimum atomic E-state index is -0.518. The average Bonchev–Trinajstić information content (AvgIpc) is 3.25. The molecule has 0 fully saturated rings. The molecule has 0 spiro atoms. The summed E-state index contributed by atoms with van der Waals surface area (Å²) < 4.78 is 26.6. The van der Waals surface area contributed by atoms with Gasteiger partial charge < -0.3 is 23.7 Å². The van der Waals surface area contributed by atoms with Crippen LogP contribution >= 0.6 is 11.3 Å². The number of ether oxygens (including phenoxy) is 5. The Hall–Kier alpha value is -3.26. The molecule has 1 aromatic heterocycles. The summed E-state index contributed by atoms with van der Waals surface area (Å²) in [6.45, 7) is 0.0428. The highest BCUT2D eigenvalue weighted by Crippen LogP contribution is 2.38. The molecule has 3 rings (SSSR count). The maximum Gasteiger partial charge on any atom is 0.338 e. The molecule has 0 N–H and O–H groups in total. The molecule has 0 saturated carbocycles. The van der Waals surface area contributed by atoms with Crippen LogP contribution in [0.15, 0.2) is 41.8 Å². The lowest BCUT2D eigenvalue weighted by Gasteiger charge is -2.13. The number of benzene rings is 2. The smallest absolute Gasteiger partial charge is 0.338 e. The SMILES string of the molecule is COc1ccccc1-c1nc(COC(=O)c2cc(OC)c(OC)c(OC)c2)cs1. The second-order valence-corrected chi connectivity index (χ2v) is 6.69. The molecule has 7 nitrogen and oxygen atoms in total. The molecule has 2 aromatic carbocycles. The minimum Gasteiger partial charge on any atom is -0.496 e. The lowest BCUT2D eigenvalue weighted by atomic mass is 10.2. The molecule has 0 aliphatic carbocycles. The maximum absolute atomic E-state index is 12.5. The number of thiazole rings is 1. The van der Waals surface area contributed by atoms with Crippen LogP contribution in [0.25, 0.3) is 10.6 Å². The average molecular weight is 415 g/mol. The van der Waals surface area contributed by atoms with Gasteiger partial charge in [-0.05, 0) is 24.3 Å². The number of para-hydroxylation sites is 1. The molecule has 0 unspecified atom stereocenters. The molecule has 0 bridgehead atoms. The number of carbonyl (C=O) groups excluding carboxylic acids is 1. The van der Waals surface area contributed by atoms with Crippen LogP contribution in [-0.2, 0) is 11.3 Å².